The fraction of sp³-hybridized carbons (Fsp3) is 0.467. The van der Waals surface area contributed by atoms with Crippen molar-refractivity contribution in [2.24, 2.45) is 5.92 Å². The molecule has 6 heteroatoms. The normalized spacial score (nSPS) is 20.6. The van der Waals surface area contributed by atoms with Gasteiger partial charge in [0.1, 0.15) is 6.73 Å². The Balaban J connectivity index is 0.000000161. The third-order valence-corrected chi connectivity index (χ3v) is 3.34. The first-order valence-corrected chi connectivity index (χ1v) is 6.90. The van der Waals surface area contributed by atoms with Crippen LogP contribution >= 0.6 is 0 Å². The predicted octanol–water partition coefficient (Wildman–Crippen LogP) is 1.40. The Bertz CT molecular complexity index is 497. The third-order valence-electron chi connectivity index (χ3n) is 3.34. The maximum atomic E-state index is 11.3. The van der Waals surface area contributed by atoms with Crippen LogP contribution in [0.5, 0.6) is 0 Å². The maximum absolute atomic E-state index is 11.3. The average molecular weight is 293 g/mol. The summed E-state index contributed by atoms with van der Waals surface area (Å²) in [6.07, 6.45) is 1.17. The van der Waals surface area contributed by atoms with Crippen LogP contribution in [0.4, 0.5) is 0 Å². The minimum atomic E-state index is -0.717. The highest BCUT2D eigenvalue weighted by atomic mass is 16.5. The Morgan fingerprint density at radius 2 is 2.14 bits per heavy atom. The van der Waals surface area contributed by atoms with Crippen molar-refractivity contribution in [3.05, 3.63) is 35.4 Å². The van der Waals surface area contributed by atoms with Gasteiger partial charge in [0.15, 0.2) is 0 Å². The van der Waals surface area contributed by atoms with Gasteiger partial charge in [0.2, 0.25) is 0 Å². The van der Waals surface area contributed by atoms with E-state index in [1.165, 1.54) is 0 Å². The molecule has 1 amide bonds. The van der Waals surface area contributed by atoms with Crippen molar-refractivity contribution >= 4 is 11.9 Å². The van der Waals surface area contributed by atoms with Crippen LogP contribution in [0, 0.1) is 5.92 Å². The van der Waals surface area contributed by atoms with Gasteiger partial charge in [0.25, 0.3) is 5.91 Å². The molecule has 6 nitrogen and oxygen atoms in total. The standard InChI is InChI=1S/C9H9NO2.C6H10O3/c11-9-8-4-2-1-3-7(8)5-12-6-10-9;7-6(8)3-5-1-2-9-4-5/h1-4H,5-6H2,(H,10,11);5H,1-4H2,(H,7,8). The number of rotatable bonds is 2. The quantitative estimate of drug-likeness (QED) is 0.861. The molecule has 2 aliphatic rings. The molecule has 0 aromatic heterocycles. The van der Waals surface area contributed by atoms with Crippen LogP contribution in [0.3, 0.4) is 0 Å². The molecule has 0 saturated carbocycles. The number of carbonyl (C=O) groups is 2. The second kappa shape index (κ2) is 7.75. The first kappa shape index (κ1) is 15.5. The SMILES string of the molecule is O=C(O)CC1CCOC1.O=C1NCOCc2ccccc21. The van der Waals surface area contributed by atoms with Gasteiger partial charge in [-0.05, 0) is 24.0 Å². The van der Waals surface area contributed by atoms with Crippen LogP contribution < -0.4 is 5.32 Å². The van der Waals surface area contributed by atoms with Crippen molar-refractivity contribution in [2.45, 2.75) is 19.4 Å². The molecule has 1 saturated heterocycles. The molecule has 1 atom stereocenters. The van der Waals surface area contributed by atoms with Gasteiger partial charge in [-0.15, -0.1) is 0 Å². The largest absolute Gasteiger partial charge is 0.481 e. The lowest BCUT2D eigenvalue weighted by Gasteiger charge is -2.00. The summed E-state index contributed by atoms with van der Waals surface area (Å²) in [5.74, 6) is -0.504. The van der Waals surface area contributed by atoms with Gasteiger partial charge in [-0.25, -0.2) is 0 Å². The van der Waals surface area contributed by atoms with Gasteiger partial charge in [0, 0.05) is 12.2 Å². The topological polar surface area (TPSA) is 84.9 Å². The maximum Gasteiger partial charge on any atom is 0.303 e. The van der Waals surface area contributed by atoms with E-state index >= 15 is 0 Å². The number of aliphatic carboxylic acids is 1. The Morgan fingerprint density at radius 1 is 1.33 bits per heavy atom. The number of carboxylic acids is 1. The summed E-state index contributed by atoms with van der Waals surface area (Å²) in [5.41, 5.74) is 1.67. The van der Waals surface area contributed by atoms with Crippen molar-refractivity contribution in [1.29, 1.82) is 0 Å². The number of fused-ring (bicyclic) bond motifs is 1. The zero-order chi connectivity index (χ0) is 15.1. The number of nitrogens with one attached hydrogen (secondary N) is 1. The fourth-order valence-corrected chi connectivity index (χ4v) is 2.23. The van der Waals surface area contributed by atoms with E-state index in [0.29, 0.717) is 19.9 Å². The molecule has 2 aliphatic heterocycles. The van der Waals surface area contributed by atoms with Gasteiger partial charge in [0.05, 0.1) is 19.6 Å². The van der Waals surface area contributed by atoms with E-state index in [9.17, 15) is 9.59 Å². The van der Waals surface area contributed by atoms with E-state index in [4.69, 9.17) is 14.6 Å². The summed E-state index contributed by atoms with van der Waals surface area (Å²) in [7, 11) is 0. The Kier molecular flexibility index (Phi) is 5.71. The lowest BCUT2D eigenvalue weighted by atomic mass is 10.1. The van der Waals surface area contributed by atoms with Crippen LogP contribution in [-0.4, -0.2) is 36.9 Å². The molecule has 1 unspecified atom stereocenters. The van der Waals surface area contributed by atoms with Gasteiger partial charge < -0.3 is 19.9 Å². The van der Waals surface area contributed by atoms with Crippen LogP contribution in [0.1, 0.15) is 28.8 Å². The highest BCUT2D eigenvalue weighted by Crippen LogP contribution is 2.15. The number of amides is 1. The zero-order valence-corrected chi connectivity index (χ0v) is 11.7. The number of hydrogen-bond donors (Lipinski definition) is 2. The highest BCUT2D eigenvalue weighted by molar-refractivity contribution is 5.95. The molecule has 2 heterocycles. The lowest BCUT2D eigenvalue weighted by molar-refractivity contribution is -0.138. The Labute approximate surface area is 123 Å². The van der Waals surface area contributed by atoms with E-state index in [0.717, 1.165) is 24.2 Å². The van der Waals surface area contributed by atoms with E-state index in [2.05, 4.69) is 5.32 Å². The van der Waals surface area contributed by atoms with Gasteiger partial charge in [-0.3, -0.25) is 9.59 Å². The number of hydrogen-bond acceptors (Lipinski definition) is 4. The van der Waals surface area contributed by atoms with Crippen molar-refractivity contribution in [3.63, 3.8) is 0 Å². The molecule has 0 bridgehead atoms. The van der Waals surface area contributed by atoms with Crippen molar-refractivity contribution in [2.75, 3.05) is 19.9 Å². The third kappa shape index (κ3) is 4.84. The van der Waals surface area contributed by atoms with E-state index < -0.39 is 5.97 Å². The van der Waals surface area contributed by atoms with E-state index in [-0.39, 0.29) is 18.2 Å². The Morgan fingerprint density at radius 3 is 2.86 bits per heavy atom. The van der Waals surface area contributed by atoms with Crippen LogP contribution in [0.2, 0.25) is 0 Å². The summed E-state index contributed by atoms with van der Waals surface area (Å²) >= 11 is 0. The summed E-state index contributed by atoms with van der Waals surface area (Å²) in [5, 5.41) is 11.0. The van der Waals surface area contributed by atoms with Crippen LogP contribution in [-0.2, 0) is 20.9 Å². The molecule has 1 fully saturated rings. The molecule has 1 aromatic carbocycles. The average Bonchev–Trinajstić information content (AvgIpc) is 2.89. The van der Waals surface area contributed by atoms with Gasteiger partial charge in [-0.2, -0.15) is 0 Å². The fourth-order valence-electron chi connectivity index (χ4n) is 2.23. The number of benzene rings is 1. The highest BCUT2D eigenvalue weighted by Gasteiger charge is 2.18. The van der Waals surface area contributed by atoms with Crippen molar-refractivity contribution in [3.8, 4) is 0 Å². The van der Waals surface area contributed by atoms with Crippen LogP contribution in [0.15, 0.2) is 24.3 Å². The smallest absolute Gasteiger partial charge is 0.303 e. The molecule has 114 valence electrons. The second-order valence-electron chi connectivity index (χ2n) is 4.98. The molecular formula is C15H19NO5. The molecule has 1 aromatic rings. The molecule has 3 rings (SSSR count). The summed E-state index contributed by atoms with van der Waals surface area (Å²) < 4.78 is 10.2. The lowest BCUT2D eigenvalue weighted by Crippen LogP contribution is -2.23. The molecule has 21 heavy (non-hydrogen) atoms. The molecule has 0 spiro atoms. The summed E-state index contributed by atoms with van der Waals surface area (Å²) in [6.45, 7) is 2.17. The zero-order valence-electron chi connectivity index (χ0n) is 11.7. The number of carboxylic acid groups (broad SMARTS) is 1. The minimum Gasteiger partial charge on any atom is -0.481 e. The summed E-state index contributed by atoms with van der Waals surface area (Å²) in [4.78, 5) is 21.4. The summed E-state index contributed by atoms with van der Waals surface area (Å²) in [6, 6.07) is 7.46. The Hall–Kier alpha value is -1.92. The van der Waals surface area contributed by atoms with Crippen LogP contribution in [0.25, 0.3) is 0 Å². The monoisotopic (exact) mass is 293 g/mol. The van der Waals surface area contributed by atoms with Crippen molar-refractivity contribution in [1.82, 2.24) is 5.32 Å². The molecule has 0 radical (unpaired) electrons. The van der Waals surface area contributed by atoms with Gasteiger partial charge >= 0.3 is 5.97 Å². The first-order valence-electron chi connectivity index (χ1n) is 6.90. The van der Waals surface area contributed by atoms with E-state index in [1.54, 1.807) is 6.07 Å². The molecular weight excluding hydrogens is 274 g/mol. The van der Waals surface area contributed by atoms with Crippen molar-refractivity contribution < 1.29 is 24.2 Å². The number of ether oxygens (including phenoxy) is 2. The second-order valence-corrected chi connectivity index (χ2v) is 4.98. The first-order chi connectivity index (χ1) is 10.2. The number of carbonyl (C=O) groups excluding carboxylic acids is 1. The minimum absolute atomic E-state index is 0.0527. The molecule has 0 aliphatic carbocycles. The van der Waals surface area contributed by atoms with E-state index in [1.807, 2.05) is 18.2 Å². The predicted molar refractivity (Wildman–Crippen MR) is 74.7 cm³/mol. The molecule has 2 N–H and O–H groups in total. The van der Waals surface area contributed by atoms with Gasteiger partial charge in [-0.1, -0.05) is 18.2 Å².